The summed E-state index contributed by atoms with van der Waals surface area (Å²) in [5.41, 5.74) is 2.59. The Labute approximate surface area is 154 Å². The number of rotatable bonds is 8. The summed E-state index contributed by atoms with van der Waals surface area (Å²) in [6.07, 6.45) is 0.877. The molecule has 0 radical (unpaired) electrons. The standard InChI is InChI=1S/C21H26N2O3/c1-4-16(3)23-21(25)18-7-5-6-17(12-18)13-22-20(24)14-26-19-10-8-15(2)9-11-19/h5-12,16H,4,13-14H2,1-3H3,(H,22,24)(H,23,25). The molecule has 0 saturated carbocycles. The minimum absolute atomic E-state index is 0.0444. The van der Waals surface area contributed by atoms with Gasteiger partial charge in [-0.05, 0) is 50.1 Å². The Bertz CT molecular complexity index is 741. The van der Waals surface area contributed by atoms with Crippen molar-refractivity contribution in [3.8, 4) is 5.75 Å². The number of nitrogens with one attached hydrogen (secondary N) is 2. The molecule has 0 aliphatic carbocycles. The zero-order chi connectivity index (χ0) is 18.9. The number of ether oxygens (including phenoxy) is 1. The number of amides is 2. The molecule has 2 aromatic carbocycles. The number of hydrogen-bond donors (Lipinski definition) is 2. The molecule has 5 nitrogen and oxygen atoms in total. The van der Waals surface area contributed by atoms with Gasteiger partial charge in [-0.3, -0.25) is 9.59 Å². The van der Waals surface area contributed by atoms with Crippen molar-refractivity contribution < 1.29 is 14.3 Å². The van der Waals surface area contributed by atoms with Crippen LogP contribution in [-0.4, -0.2) is 24.5 Å². The summed E-state index contributed by atoms with van der Waals surface area (Å²) in [5.74, 6) is 0.352. The molecule has 2 amide bonds. The average molecular weight is 354 g/mol. The molecule has 138 valence electrons. The molecule has 2 rings (SSSR count). The molecule has 2 aromatic rings. The van der Waals surface area contributed by atoms with Crippen LogP contribution in [-0.2, 0) is 11.3 Å². The van der Waals surface area contributed by atoms with Gasteiger partial charge in [0.2, 0.25) is 0 Å². The Morgan fingerprint density at radius 2 is 1.85 bits per heavy atom. The first-order valence-electron chi connectivity index (χ1n) is 8.84. The number of hydrogen-bond acceptors (Lipinski definition) is 3. The van der Waals surface area contributed by atoms with Gasteiger partial charge in [0.25, 0.3) is 11.8 Å². The molecular weight excluding hydrogens is 328 g/mol. The van der Waals surface area contributed by atoms with E-state index >= 15 is 0 Å². The molecule has 0 aromatic heterocycles. The highest BCUT2D eigenvalue weighted by Gasteiger charge is 2.09. The lowest BCUT2D eigenvalue weighted by Crippen LogP contribution is -2.32. The lowest BCUT2D eigenvalue weighted by Gasteiger charge is -2.12. The van der Waals surface area contributed by atoms with Gasteiger partial charge in [0, 0.05) is 18.2 Å². The zero-order valence-electron chi connectivity index (χ0n) is 15.5. The molecule has 26 heavy (non-hydrogen) atoms. The van der Waals surface area contributed by atoms with Crippen molar-refractivity contribution >= 4 is 11.8 Å². The minimum Gasteiger partial charge on any atom is -0.484 e. The van der Waals surface area contributed by atoms with Crippen LogP contribution in [0.5, 0.6) is 5.75 Å². The SMILES string of the molecule is CCC(C)NC(=O)c1cccc(CNC(=O)COc2ccc(C)cc2)c1. The van der Waals surface area contributed by atoms with Crippen molar-refractivity contribution in [3.63, 3.8) is 0 Å². The third kappa shape index (κ3) is 6.24. The van der Waals surface area contributed by atoms with Crippen molar-refractivity contribution in [1.29, 1.82) is 0 Å². The minimum atomic E-state index is -0.208. The summed E-state index contributed by atoms with van der Waals surface area (Å²) in [7, 11) is 0. The molecule has 0 aliphatic rings. The molecule has 0 fully saturated rings. The van der Waals surface area contributed by atoms with Crippen LogP contribution < -0.4 is 15.4 Å². The van der Waals surface area contributed by atoms with Crippen LogP contribution in [0.1, 0.15) is 41.8 Å². The van der Waals surface area contributed by atoms with E-state index < -0.39 is 0 Å². The van der Waals surface area contributed by atoms with E-state index in [1.807, 2.05) is 57.2 Å². The van der Waals surface area contributed by atoms with E-state index in [2.05, 4.69) is 10.6 Å². The van der Waals surface area contributed by atoms with Crippen molar-refractivity contribution in [1.82, 2.24) is 10.6 Å². The molecule has 0 heterocycles. The first-order valence-corrected chi connectivity index (χ1v) is 8.84. The molecular formula is C21H26N2O3. The Hall–Kier alpha value is -2.82. The summed E-state index contributed by atoms with van der Waals surface area (Å²) in [6, 6.07) is 14.9. The van der Waals surface area contributed by atoms with Crippen LogP contribution in [0.2, 0.25) is 0 Å². The Balaban J connectivity index is 1.83. The second kappa shape index (κ2) is 9.61. The van der Waals surface area contributed by atoms with E-state index in [1.54, 1.807) is 12.1 Å². The predicted octanol–water partition coefficient (Wildman–Crippen LogP) is 3.22. The fraction of sp³-hybridized carbons (Fsp3) is 0.333. The van der Waals surface area contributed by atoms with Crippen molar-refractivity contribution in [2.45, 2.75) is 39.8 Å². The lowest BCUT2D eigenvalue weighted by molar-refractivity contribution is -0.123. The summed E-state index contributed by atoms with van der Waals surface area (Å²) in [4.78, 5) is 24.1. The van der Waals surface area contributed by atoms with Gasteiger partial charge in [-0.1, -0.05) is 36.8 Å². The lowest BCUT2D eigenvalue weighted by atomic mass is 10.1. The number of carbonyl (C=O) groups is 2. The zero-order valence-corrected chi connectivity index (χ0v) is 15.5. The van der Waals surface area contributed by atoms with Gasteiger partial charge in [-0.2, -0.15) is 0 Å². The van der Waals surface area contributed by atoms with E-state index in [0.717, 1.165) is 17.5 Å². The second-order valence-corrected chi connectivity index (χ2v) is 6.36. The number of aryl methyl sites for hydroxylation is 1. The fourth-order valence-electron chi connectivity index (χ4n) is 2.27. The second-order valence-electron chi connectivity index (χ2n) is 6.36. The molecule has 5 heteroatoms. The van der Waals surface area contributed by atoms with Gasteiger partial charge in [-0.25, -0.2) is 0 Å². The smallest absolute Gasteiger partial charge is 0.258 e. The number of carbonyl (C=O) groups excluding carboxylic acids is 2. The van der Waals surface area contributed by atoms with Gasteiger partial charge in [0.1, 0.15) is 5.75 Å². The molecule has 2 N–H and O–H groups in total. The van der Waals surface area contributed by atoms with E-state index in [4.69, 9.17) is 4.74 Å². The normalized spacial score (nSPS) is 11.5. The largest absolute Gasteiger partial charge is 0.484 e. The van der Waals surface area contributed by atoms with Crippen molar-refractivity contribution in [2.24, 2.45) is 0 Å². The van der Waals surface area contributed by atoms with Crippen LogP contribution in [0.15, 0.2) is 48.5 Å². The van der Waals surface area contributed by atoms with Gasteiger partial charge in [0.15, 0.2) is 6.61 Å². The molecule has 0 saturated heterocycles. The van der Waals surface area contributed by atoms with Gasteiger partial charge in [-0.15, -0.1) is 0 Å². The van der Waals surface area contributed by atoms with E-state index in [0.29, 0.717) is 17.9 Å². The monoisotopic (exact) mass is 354 g/mol. The Kier molecular flexibility index (Phi) is 7.21. The van der Waals surface area contributed by atoms with Crippen LogP contribution in [0, 0.1) is 6.92 Å². The summed E-state index contributed by atoms with van der Waals surface area (Å²) in [6.45, 7) is 6.29. The number of benzene rings is 2. The highest BCUT2D eigenvalue weighted by atomic mass is 16.5. The highest BCUT2D eigenvalue weighted by Crippen LogP contribution is 2.11. The van der Waals surface area contributed by atoms with Gasteiger partial charge in [0.05, 0.1) is 0 Å². The maximum Gasteiger partial charge on any atom is 0.258 e. The first-order chi connectivity index (χ1) is 12.5. The quantitative estimate of drug-likeness (QED) is 0.765. The summed E-state index contributed by atoms with van der Waals surface area (Å²) < 4.78 is 5.45. The Morgan fingerprint density at radius 3 is 2.54 bits per heavy atom. The molecule has 1 atom stereocenters. The topological polar surface area (TPSA) is 67.4 Å². The maximum atomic E-state index is 12.2. The van der Waals surface area contributed by atoms with Crippen LogP contribution in [0.3, 0.4) is 0 Å². The third-order valence-corrected chi connectivity index (χ3v) is 4.06. The third-order valence-electron chi connectivity index (χ3n) is 4.06. The van der Waals surface area contributed by atoms with Crippen LogP contribution in [0.4, 0.5) is 0 Å². The van der Waals surface area contributed by atoms with E-state index in [9.17, 15) is 9.59 Å². The van der Waals surface area contributed by atoms with E-state index in [1.165, 1.54) is 0 Å². The van der Waals surface area contributed by atoms with Crippen molar-refractivity contribution in [3.05, 3.63) is 65.2 Å². The molecule has 0 spiro atoms. The average Bonchev–Trinajstić information content (AvgIpc) is 2.66. The van der Waals surface area contributed by atoms with Crippen LogP contribution >= 0.6 is 0 Å². The van der Waals surface area contributed by atoms with Gasteiger partial charge >= 0.3 is 0 Å². The highest BCUT2D eigenvalue weighted by molar-refractivity contribution is 5.94. The summed E-state index contributed by atoms with van der Waals surface area (Å²) >= 11 is 0. The summed E-state index contributed by atoms with van der Waals surface area (Å²) in [5, 5.41) is 5.74. The van der Waals surface area contributed by atoms with Gasteiger partial charge < -0.3 is 15.4 Å². The molecule has 0 aliphatic heterocycles. The first kappa shape index (κ1) is 19.5. The molecule has 0 bridgehead atoms. The fourth-order valence-corrected chi connectivity index (χ4v) is 2.27. The predicted molar refractivity (Wildman–Crippen MR) is 102 cm³/mol. The van der Waals surface area contributed by atoms with Crippen molar-refractivity contribution in [2.75, 3.05) is 6.61 Å². The van der Waals surface area contributed by atoms with E-state index in [-0.39, 0.29) is 24.5 Å². The molecule has 1 unspecified atom stereocenters. The maximum absolute atomic E-state index is 12.2. The Morgan fingerprint density at radius 1 is 1.12 bits per heavy atom. The van der Waals surface area contributed by atoms with Crippen LogP contribution in [0.25, 0.3) is 0 Å².